The van der Waals surface area contributed by atoms with Crippen LogP contribution in [-0.4, -0.2) is 30.2 Å². The standard InChI is InChI=1S/C15H14Cl3NO3S/c1-8-4-6-10(7-5-8)23(21,22)19-12-9(2)11(16)14(20)15(3,18)13(12)17/h4-7,13H,1-3H3/b19-12+. The van der Waals surface area contributed by atoms with Crippen molar-refractivity contribution in [3.05, 3.63) is 40.4 Å². The fraction of sp³-hybridized carbons (Fsp3) is 0.333. The molecule has 1 aliphatic carbocycles. The van der Waals surface area contributed by atoms with E-state index in [-0.39, 0.29) is 21.2 Å². The van der Waals surface area contributed by atoms with Crippen LogP contribution in [0.1, 0.15) is 19.4 Å². The SMILES string of the molecule is CC1=C(Cl)C(=O)C(C)(Cl)C(Cl)/C1=N/S(=O)(=O)c1ccc(C)cc1. The predicted molar refractivity (Wildman–Crippen MR) is 93.3 cm³/mol. The molecule has 0 aromatic heterocycles. The predicted octanol–water partition coefficient (Wildman–Crippen LogP) is 3.83. The van der Waals surface area contributed by atoms with Crippen molar-refractivity contribution in [3.8, 4) is 0 Å². The lowest BCUT2D eigenvalue weighted by atomic mass is 9.87. The van der Waals surface area contributed by atoms with Gasteiger partial charge >= 0.3 is 0 Å². The lowest BCUT2D eigenvalue weighted by Crippen LogP contribution is -2.48. The molecule has 0 saturated heterocycles. The molecule has 124 valence electrons. The van der Waals surface area contributed by atoms with Crippen molar-refractivity contribution in [1.82, 2.24) is 0 Å². The number of nitrogens with zero attached hydrogens (tertiary/aromatic N) is 1. The fourth-order valence-corrected chi connectivity index (χ4v) is 4.06. The third-order valence-corrected chi connectivity index (χ3v) is 6.51. The minimum atomic E-state index is -3.99. The van der Waals surface area contributed by atoms with Gasteiger partial charge in [-0.15, -0.1) is 23.2 Å². The van der Waals surface area contributed by atoms with Gasteiger partial charge in [-0.1, -0.05) is 29.3 Å². The molecule has 1 aromatic carbocycles. The van der Waals surface area contributed by atoms with E-state index >= 15 is 0 Å². The van der Waals surface area contributed by atoms with E-state index in [1.807, 2.05) is 6.92 Å². The Morgan fingerprint density at radius 1 is 1.17 bits per heavy atom. The quantitative estimate of drug-likeness (QED) is 0.716. The fourth-order valence-electron chi connectivity index (χ4n) is 2.07. The Hall–Kier alpha value is -0.880. The highest BCUT2D eigenvalue weighted by Gasteiger charge is 2.48. The van der Waals surface area contributed by atoms with E-state index in [1.165, 1.54) is 26.0 Å². The Labute approximate surface area is 150 Å². The molecule has 0 N–H and O–H groups in total. The Bertz CT molecular complexity index is 824. The van der Waals surface area contributed by atoms with Gasteiger partial charge < -0.3 is 0 Å². The smallest absolute Gasteiger partial charge is 0.282 e. The zero-order valence-electron chi connectivity index (χ0n) is 12.6. The molecular formula is C15H14Cl3NO3S. The van der Waals surface area contributed by atoms with Gasteiger partial charge in [-0.3, -0.25) is 4.79 Å². The normalized spacial score (nSPS) is 27.7. The second-order valence-corrected chi connectivity index (χ2v) is 8.67. The average Bonchev–Trinajstić information content (AvgIpc) is 2.49. The monoisotopic (exact) mass is 393 g/mol. The maximum Gasteiger partial charge on any atom is 0.282 e. The molecule has 0 spiro atoms. The second kappa shape index (κ2) is 6.20. The Kier molecular flexibility index (Phi) is 4.98. The van der Waals surface area contributed by atoms with Gasteiger partial charge in [-0.2, -0.15) is 12.8 Å². The molecule has 2 rings (SSSR count). The lowest BCUT2D eigenvalue weighted by Gasteiger charge is -2.32. The van der Waals surface area contributed by atoms with Crippen LogP contribution in [0.25, 0.3) is 0 Å². The third-order valence-electron chi connectivity index (χ3n) is 3.61. The molecule has 4 nitrogen and oxygen atoms in total. The van der Waals surface area contributed by atoms with Crippen LogP contribution in [0.4, 0.5) is 0 Å². The van der Waals surface area contributed by atoms with E-state index in [2.05, 4.69) is 4.40 Å². The van der Waals surface area contributed by atoms with Gasteiger partial charge in [0.15, 0.2) is 5.78 Å². The number of alkyl halides is 2. The first-order valence-electron chi connectivity index (χ1n) is 6.64. The van der Waals surface area contributed by atoms with Gasteiger partial charge in [0.1, 0.15) is 10.3 Å². The van der Waals surface area contributed by atoms with Crippen LogP contribution < -0.4 is 0 Å². The van der Waals surface area contributed by atoms with E-state index < -0.39 is 26.1 Å². The summed E-state index contributed by atoms with van der Waals surface area (Å²) in [4.78, 5) is 10.5. The van der Waals surface area contributed by atoms with Gasteiger partial charge in [-0.05, 0) is 38.5 Å². The molecule has 2 unspecified atom stereocenters. The van der Waals surface area contributed by atoms with Crippen LogP contribution in [0.5, 0.6) is 0 Å². The van der Waals surface area contributed by atoms with Crippen molar-refractivity contribution in [2.24, 2.45) is 4.40 Å². The van der Waals surface area contributed by atoms with Crippen molar-refractivity contribution < 1.29 is 13.2 Å². The highest BCUT2D eigenvalue weighted by atomic mass is 35.5. The van der Waals surface area contributed by atoms with E-state index in [0.29, 0.717) is 0 Å². The van der Waals surface area contributed by atoms with Gasteiger partial charge in [-0.25, -0.2) is 0 Å². The number of hydrogen-bond acceptors (Lipinski definition) is 3. The molecule has 1 aliphatic rings. The van der Waals surface area contributed by atoms with E-state index in [1.54, 1.807) is 12.1 Å². The minimum Gasteiger partial charge on any atom is -0.291 e. The van der Waals surface area contributed by atoms with Crippen molar-refractivity contribution in [2.45, 2.75) is 35.9 Å². The summed E-state index contributed by atoms with van der Waals surface area (Å²) in [6, 6.07) is 6.23. The maximum absolute atomic E-state index is 12.5. The largest absolute Gasteiger partial charge is 0.291 e. The Balaban J connectivity index is 2.61. The molecule has 0 fully saturated rings. The first kappa shape index (κ1) is 18.5. The van der Waals surface area contributed by atoms with Crippen LogP contribution in [-0.2, 0) is 14.8 Å². The number of sulfonamides is 1. The first-order valence-corrected chi connectivity index (χ1v) is 9.28. The summed E-state index contributed by atoms with van der Waals surface area (Å²) in [5, 5.41) is -1.27. The number of hydrogen-bond donors (Lipinski definition) is 0. The zero-order chi connectivity index (χ0) is 17.6. The summed E-state index contributed by atoms with van der Waals surface area (Å²) in [5.74, 6) is -0.551. The van der Waals surface area contributed by atoms with Crippen molar-refractivity contribution in [3.63, 3.8) is 0 Å². The lowest BCUT2D eigenvalue weighted by molar-refractivity contribution is -0.117. The van der Waals surface area contributed by atoms with Gasteiger partial charge in [0.05, 0.1) is 15.6 Å². The topological polar surface area (TPSA) is 63.6 Å². The van der Waals surface area contributed by atoms with Crippen LogP contribution >= 0.6 is 34.8 Å². The van der Waals surface area contributed by atoms with Crippen molar-refractivity contribution >= 4 is 56.3 Å². The highest BCUT2D eigenvalue weighted by molar-refractivity contribution is 7.90. The van der Waals surface area contributed by atoms with E-state index in [9.17, 15) is 13.2 Å². The van der Waals surface area contributed by atoms with Crippen LogP contribution in [0.3, 0.4) is 0 Å². The van der Waals surface area contributed by atoms with Crippen molar-refractivity contribution in [1.29, 1.82) is 0 Å². The molecule has 0 aliphatic heterocycles. The molecular weight excluding hydrogens is 381 g/mol. The first-order chi connectivity index (χ1) is 10.5. The summed E-state index contributed by atoms with van der Waals surface area (Å²) in [5.41, 5.74) is 1.11. The Morgan fingerprint density at radius 3 is 2.22 bits per heavy atom. The molecule has 23 heavy (non-hydrogen) atoms. The van der Waals surface area contributed by atoms with Gasteiger partial charge in [0, 0.05) is 0 Å². The summed E-state index contributed by atoms with van der Waals surface area (Å²) >= 11 is 18.3. The second-order valence-electron chi connectivity index (χ2n) is 5.47. The molecule has 0 saturated carbocycles. The minimum absolute atomic E-state index is 0.0191. The summed E-state index contributed by atoms with van der Waals surface area (Å²) in [7, 11) is -3.99. The molecule has 0 amide bonds. The summed E-state index contributed by atoms with van der Waals surface area (Å²) in [6.07, 6.45) is 0. The average molecular weight is 395 g/mol. The highest BCUT2D eigenvalue weighted by Crippen LogP contribution is 2.38. The number of carbonyl (C=O) groups excluding carboxylic acids is 1. The number of allylic oxidation sites excluding steroid dienone is 2. The number of carbonyl (C=O) groups is 1. The van der Waals surface area contributed by atoms with Crippen LogP contribution in [0, 0.1) is 6.92 Å². The van der Waals surface area contributed by atoms with Gasteiger partial charge in [0.2, 0.25) is 0 Å². The third kappa shape index (κ3) is 3.33. The number of rotatable bonds is 2. The van der Waals surface area contributed by atoms with Crippen molar-refractivity contribution in [2.75, 3.05) is 0 Å². The number of Topliss-reactive ketones (excluding diaryl/α,β-unsaturated/α-hetero) is 1. The summed E-state index contributed by atoms with van der Waals surface area (Å²) in [6.45, 7) is 4.72. The number of benzene rings is 1. The molecule has 1 aromatic rings. The molecule has 0 bridgehead atoms. The maximum atomic E-state index is 12.5. The number of aryl methyl sites for hydroxylation is 1. The van der Waals surface area contributed by atoms with Crippen LogP contribution in [0.2, 0.25) is 0 Å². The van der Waals surface area contributed by atoms with E-state index in [4.69, 9.17) is 34.8 Å². The Morgan fingerprint density at radius 2 is 1.70 bits per heavy atom. The number of halogens is 3. The van der Waals surface area contributed by atoms with E-state index in [0.717, 1.165) is 5.56 Å². The molecule has 2 atom stereocenters. The molecule has 0 heterocycles. The van der Waals surface area contributed by atoms with Crippen LogP contribution in [0.15, 0.2) is 44.2 Å². The van der Waals surface area contributed by atoms with Gasteiger partial charge in [0.25, 0.3) is 10.0 Å². The number of ketones is 1. The summed E-state index contributed by atoms with van der Waals surface area (Å²) < 4.78 is 28.7. The zero-order valence-corrected chi connectivity index (χ0v) is 15.7. The molecule has 8 heteroatoms. The molecule has 0 radical (unpaired) electrons.